The van der Waals surface area contributed by atoms with Gasteiger partial charge in [0.2, 0.25) is 0 Å². The number of aryl methyl sites for hydroxylation is 1. The van der Waals surface area contributed by atoms with Gasteiger partial charge in [-0.2, -0.15) is 0 Å². The number of benzene rings is 3. The molecule has 1 aromatic heterocycles. The van der Waals surface area contributed by atoms with Crippen LogP contribution >= 0.6 is 0 Å². The topological polar surface area (TPSA) is 96.8 Å². The first-order valence-electron chi connectivity index (χ1n) is 12.8. The Bertz CT molecular complexity index is 1480. The molecule has 0 aliphatic heterocycles. The van der Waals surface area contributed by atoms with Crippen LogP contribution in [0.5, 0.6) is 5.75 Å². The van der Waals surface area contributed by atoms with Crippen molar-refractivity contribution in [1.29, 1.82) is 0 Å². The number of carbonyl (C=O) groups is 1. The molecular weight excluding hydrogens is 483 g/mol. The first kappa shape index (κ1) is 27.1. The minimum atomic E-state index is -0.422. The largest absolute Gasteiger partial charge is 0.508 e. The zero-order valence-electron chi connectivity index (χ0n) is 21.7. The Balaban J connectivity index is 1.64. The van der Waals surface area contributed by atoms with Crippen LogP contribution in [0.1, 0.15) is 46.2 Å². The lowest BCUT2D eigenvalue weighted by atomic mass is 9.96. The van der Waals surface area contributed by atoms with E-state index < -0.39 is 5.82 Å². The van der Waals surface area contributed by atoms with Crippen molar-refractivity contribution in [3.63, 3.8) is 0 Å². The molecule has 6 nitrogen and oxygen atoms in total. The second-order valence-corrected chi connectivity index (χ2v) is 9.84. The van der Waals surface area contributed by atoms with Gasteiger partial charge in [-0.1, -0.05) is 43.3 Å². The van der Waals surface area contributed by atoms with Crippen LogP contribution in [0.2, 0.25) is 0 Å². The third-order valence-corrected chi connectivity index (χ3v) is 6.68. The van der Waals surface area contributed by atoms with Gasteiger partial charge in [0.25, 0.3) is 5.91 Å². The van der Waals surface area contributed by atoms with Crippen LogP contribution in [0, 0.1) is 18.7 Å². The summed E-state index contributed by atoms with van der Waals surface area (Å²) in [5.74, 6) is -0.233. The predicted molar refractivity (Wildman–Crippen MR) is 147 cm³/mol. The Morgan fingerprint density at radius 2 is 1.87 bits per heavy atom. The fourth-order valence-corrected chi connectivity index (χ4v) is 4.63. The summed E-state index contributed by atoms with van der Waals surface area (Å²) >= 11 is 0. The normalized spacial score (nSPS) is 12.0. The van der Waals surface area contributed by atoms with Gasteiger partial charge in [-0.3, -0.25) is 9.59 Å². The molecular formula is C31H33FN2O4. The van der Waals surface area contributed by atoms with Crippen molar-refractivity contribution in [3.05, 3.63) is 111 Å². The van der Waals surface area contributed by atoms with E-state index in [2.05, 4.69) is 0 Å². The second kappa shape index (κ2) is 12.0. The number of phenols is 1. The quantitative estimate of drug-likeness (QED) is 0.302. The molecule has 198 valence electrons. The summed E-state index contributed by atoms with van der Waals surface area (Å²) in [6.07, 6.45) is 1.41. The molecule has 0 aliphatic rings. The van der Waals surface area contributed by atoms with Gasteiger partial charge in [-0.05, 0) is 61.2 Å². The summed E-state index contributed by atoms with van der Waals surface area (Å²) in [5, 5.41) is 10.4. The molecule has 0 saturated heterocycles. The molecule has 3 N–H and O–H groups in total. The average molecular weight is 517 g/mol. The summed E-state index contributed by atoms with van der Waals surface area (Å²) in [5.41, 5.74) is 8.21. The molecule has 3 aromatic carbocycles. The Morgan fingerprint density at radius 3 is 2.58 bits per heavy atom. The zero-order chi connectivity index (χ0) is 27.2. The maximum absolute atomic E-state index is 14.2. The number of hydrogen-bond acceptors (Lipinski definition) is 5. The molecule has 0 fully saturated rings. The van der Waals surface area contributed by atoms with Gasteiger partial charge >= 0.3 is 0 Å². The highest BCUT2D eigenvalue weighted by Crippen LogP contribution is 2.24. The molecule has 1 amide bonds. The molecule has 0 bridgehead atoms. The maximum Gasteiger partial charge on any atom is 0.253 e. The summed E-state index contributed by atoms with van der Waals surface area (Å²) < 4.78 is 20.4. The van der Waals surface area contributed by atoms with E-state index in [-0.39, 0.29) is 28.6 Å². The van der Waals surface area contributed by atoms with Crippen LogP contribution in [0.4, 0.5) is 4.39 Å². The van der Waals surface area contributed by atoms with Gasteiger partial charge in [0.15, 0.2) is 5.43 Å². The highest BCUT2D eigenvalue weighted by Gasteiger charge is 2.22. The van der Waals surface area contributed by atoms with Crippen LogP contribution < -0.4 is 11.2 Å². The third-order valence-electron chi connectivity index (χ3n) is 6.68. The van der Waals surface area contributed by atoms with Crippen molar-refractivity contribution in [3.8, 4) is 5.75 Å². The van der Waals surface area contributed by atoms with E-state index in [4.69, 9.17) is 10.2 Å². The molecule has 1 atom stereocenters. The zero-order valence-corrected chi connectivity index (χ0v) is 21.7. The van der Waals surface area contributed by atoms with Gasteiger partial charge in [0.05, 0.1) is 5.39 Å². The van der Waals surface area contributed by atoms with Crippen molar-refractivity contribution in [1.82, 2.24) is 4.90 Å². The molecule has 0 radical (unpaired) electrons. The van der Waals surface area contributed by atoms with Crippen LogP contribution in [-0.2, 0) is 12.8 Å². The number of hydrogen-bond donors (Lipinski definition) is 2. The Kier molecular flexibility index (Phi) is 8.59. The van der Waals surface area contributed by atoms with Crippen LogP contribution in [0.15, 0.2) is 75.9 Å². The van der Waals surface area contributed by atoms with E-state index >= 15 is 0 Å². The Hall–Kier alpha value is -3.97. The highest BCUT2D eigenvalue weighted by atomic mass is 19.1. The second-order valence-electron chi connectivity index (χ2n) is 9.84. The van der Waals surface area contributed by atoms with Crippen molar-refractivity contribution < 1.29 is 18.7 Å². The minimum Gasteiger partial charge on any atom is -0.508 e. The Labute approximate surface area is 221 Å². The average Bonchev–Trinajstić information content (AvgIpc) is 2.90. The van der Waals surface area contributed by atoms with E-state index in [1.54, 1.807) is 30.0 Å². The van der Waals surface area contributed by atoms with Crippen LogP contribution in [0.3, 0.4) is 0 Å². The lowest BCUT2D eigenvalue weighted by Gasteiger charge is -2.26. The molecule has 0 aliphatic carbocycles. The first-order valence-corrected chi connectivity index (χ1v) is 12.8. The van der Waals surface area contributed by atoms with Gasteiger partial charge in [0.1, 0.15) is 22.9 Å². The third kappa shape index (κ3) is 6.29. The predicted octanol–water partition coefficient (Wildman–Crippen LogP) is 5.21. The van der Waals surface area contributed by atoms with E-state index in [9.17, 15) is 19.1 Å². The smallest absolute Gasteiger partial charge is 0.253 e. The summed E-state index contributed by atoms with van der Waals surface area (Å²) in [7, 11) is 0. The summed E-state index contributed by atoms with van der Waals surface area (Å²) in [6, 6.07) is 18.7. The molecule has 1 heterocycles. The molecule has 4 aromatic rings. The van der Waals surface area contributed by atoms with E-state index in [0.29, 0.717) is 66.8 Å². The molecule has 0 saturated carbocycles. The number of rotatable bonds is 10. The number of fused-ring (bicyclic) bond motifs is 1. The van der Waals surface area contributed by atoms with Gasteiger partial charge in [-0.25, -0.2) is 4.39 Å². The number of aromatic hydroxyl groups is 1. The van der Waals surface area contributed by atoms with Crippen molar-refractivity contribution in [2.75, 3.05) is 19.6 Å². The van der Waals surface area contributed by atoms with Crippen LogP contribution in [0.25, 0.3) is 11.0 Å². The van der Waals surface area contributed by atoms with Crippen molar-refractivity contribution >= 4 is 16.9 Å². The van der Waals surface area contributed by atoms with Crippen molar-refractivity contribution in [2.24, 2.45) is 11.7 Å². The number of halogens is 1. The lowest BCUT2D eigenvalue weighted by Crippen LogP contribution is -2.37. The molecule has 4 rings (SSSR count). The summed E-state index contributed by atoms with van der Waals surface area (Å²) in [6.45, 7) is 4.87. The molecule has 0 spiro atoms. The maximum atomic E-state index is 14.2. The highest BCUT2D eigenvalue weighted by molar-refractivity contribution is 5.94. The number of nitrogens with two attached hydrogens (primary N) is 1. The van der Waals surface area contributed by atoms with E-state index in [1.807, 2.05) is 37.3 Å². The molecule has 38 heavy (non-hydrogen) atoms. The number of carbonyl (C=O) groups excluding carboxylic acids is 1. The molecule has 7 heteroatoms. The summed E-state index contributed by atoms with van der Waals surface area (Å²) in [4.78, 5) is 28.5. The number of nitrogens with zero attached hydrogens (tertiary/aromatic N) is 1. The Morgan fingerprint density at radius 1 is 1.11 bits per heavy atom. The number of phenolic OH excluding ortho intramolecular Hbond substituents is 1. The van der Waals surface area contributed by atoms with E-state index in [0.717, 1.165) is 5.56 Å². The monoisotopic (exact) mass is 516 g/mol. The lowest BCUT2D eigenvalue weighted by molar-refractivity contribution is 0.0729. The molecule has 1 unspecified atom stereocenters. The standard InChI is InChI=1S/C31H33FN2O4/c1-20(19-34(14-6-13-33)31(37)23-10-9-21(2)27(32)17-23)15-28-26(16-22-7-4-3-5-8-22)30(36)25-12-11-24(35)18-29(25)38-28/h3-5,7-12,17-18,20,35H,6,13-16,19,33H2,1-2H3. The number of amides is 1. The fraction of sp³-hybridized carbons (Fsp3) is 0.290. The first-order chi connectivity index (χ1) is 18.3. The minimum absolute atomic E-state index is 0.0133. The van der Waals surface area contributed by atoms with Gasteiger partial charge < -0.3 is 20.2 Å². The van der Waals surface area contributed by atoms with Crippen molar-refractivity contribution in [2.45, 2.75) is 33.1 Å². The van der Waals surface area contributed by atoms with Crippen LogP contribution in [-0.4, -0.2) is 35.5 Å². The van der Waals surface area contributed by atoms with E-state index in [1.165, 1.54) is 18.2 Å². The fourth-order valence-electron chi connectivity index (χ4n) is 4.63. The van der Waals surface area contributed by atoms with Gasteiger partial charge in [-0.15, -0.1) is 0 Å². The SMILES string of the molecule is Cc1ccc(C(=O)N(CCCN)CC(C)Cc2oc3cc(O)ccc3c(=O)c2Cc2ccccc2)cc1F. The van der Waals surface area contributed by atoms with Gasteiger partial charge in [0, 0.05) is 43.1 Å².